The molecule has 0 radical (unpaired) electrons. The van der Waals surface area contributed by atoms with Crippen LogP contribution < -0.4 is 10.1 Å². The molecule has 5 heteroatoms. The van der Waals surface area contributed by atoms with E-state index in [9.17, 15) is 9.59 Å². The number of nitrogens with zero attached hydrogens (tertiary/aromatic N) is 1. The first-order chi connectivity index (χ1) is 13.8. The Morgan fingerprint density at radius 1 is 1.10 bits per heavy atom. The molecule has 1 N–H and O–H groups in total. The molecule has 0 aliphatic heterocycles. The number of nitrogens with one attached hydrogen (secondary N) is 1. The van der Waals surface area contributed by atoms with Crippen molar-refractivity contribution >= 4 is 11.8 Å². The van der Waals surface area contributed by atoms with E-state index in [1.165, 1.54) is 0 Å². The summed E-state index contributed by atoms with van der Waals surface area (Å²) in [4.78, 5) is 27.7. The van der Waals surface area contributed by atoms with E-state index in [0.29, 0.717) is 6.54 Å². The van der Waals surface area contributed by atoms with Gasteiger partial charge in [-0.2, -0.15) is 0 Å². The minimum absolute atomic E-state index is 0.0649. The molecule has 0 aliphatic carbocycles. The molecule has 0 aliphatic rings. The maximum atomic E-state index is 13.2. The van der Waals surface area contributed by atoms with Crippen LogP contribution in [0.4, 0.5) is 0 Å². The Labute approximate surface area is 174 Å². The Hall–Kier alpha value is -2.82. The second-order valence-electron chi connectivity index (χ2n) is 7.47. The van der Waals surface area contributed by atoms with Crippen LogP contribution in [-0.2, 0) is 22.6 Å². The lowest BCUT2D eigenvalue weighted by atomic mass is 10.0. The van der Waals surface area contributed by atoms with Crippen molar-refractivity contribution in [2.24, 2.45) is 0 Å². The smallest absolute Gasteiger partial charge is 0.242 e. The largest absolute Gasteiger partial charge is 0.497 e. The van der Waals surface area contributed by atoms with Crippen molar-refractivity contribution in [3.63, 3.8) is 0 Å². The van der Waals surface area contributed by atoms with Gasteiger partial charge in [0.15, 0.2) is 0 Å². The lowest BCUT2D eigenvalue weighted by Gasteiger charge is -2.30. The molecule has 0 aromatic heterocycles. The van der Waals surface area contributed by atoms with Crippen LogP contribution in [-0.4, -0.2) is 35.9 Å². The van der Waals surface area contributed by atoms with Crippen LogP contribution in [0.3, 0.4) is 0 Å². The van der Waals surface area contributed by atoms with E-state index in [1.54, 1.807) is 18.9 Å². The Kier molecular flexibility index (Phi) is 8.25. The average molecular weight is 397 g/mol. The molecule has 0 spiro atoms. The average Bonchev–Trinajstić information content (AvgIpc) is 2.73. The van der Waals surface area contributed by atoms with Gasteiger partial charge in [0, 0.05) is 12.6 Å². The topological polar surface area (TPSA) is 58.6 Å². The molecule has 0 saturated carbocycles. The summed E-state index contributed by atoms with van der Waals surface area (Å²) in [6.07, 6.45) is 1.10. The van der Waals surface area contributed by atoms with Gasteiger partial charge in [0.2, 0.25) is 11.8 Å². The van der Waals surface area contributed by atoms with Crippen molar-refractivity contribution in [2.75, 3.05) is 7.11 Å². The molecule has 156 valence electrons. The fraction of sp³-hybridized carbons (Fsp3) is 0.417. The van der Waals surface area contributed by atoms with Crippen LogP contribution in [0, 0.1) is 6.92 Å². The Morgan fingerprint density at radius 2 is 1.83 bits per heavy atom. The molecule has 5 nitrogen and oxygen atoms in total. The fourth-order valence-corrected chi connectivity index (χ4v) is 3.09. The highest BCUT2D eigenvalue weighted by molar-refractivity contribution is 5.88. The number of hydrogen-bond donors (Lipinski definition) is 1. The van der Waals surface area contributed by atoms with Gasteiger partial charge < -0.3 is 15.0 Å². The second-order valence-corrected chi connectivity index (χ2v) is 7.47. The highest BCUT2D eigenvalue weighted by Crippen LogP contribution is 2.18. The van der Waals surface area contributed by atoms with E-state index in [1.807, 2.05) is 69.3 Å². The van der Waals surface area contributed by atoms with Gasteiger partial charge in [0.05, 0.1) is 13.5 Å². The van der Waals surface area contributed by atoms with Gasteiger partial charge >= 0.3 is 0 Å². The molecule has 0 fully saturated rings. The number of carbonyl (C=O) groups is 2. The van der Waals surface area contributed by atoms with E-state index in [4.69, 9.17) is 4.74 Å². The number of hydrogen-bond acceptors (Lipinski definition) is 3. The molecule has 2 amide bonds. The third-order valence-corrected chi connectivity index (χ3v) is 5.26. The SMILES string of the molecule is CC[C@H](C)NC(=O)[C@@H](C)N(Cc1cccc(OC)c1)C(=O)Cc1ccccc1C. The zero-order valence-electron chi connectivity index (χ0n) is 18.1. The molecule has 0 heterocycles. The van der Waals surface area contributed by atoms with Crippen LogP contribution >= 0.6 is 0 Å². The van der Waals surface area contributed by atoms with Gasteiger partial charge in [0.1, 0.15) is 11.8 Å². The molecule has 2 aromatic carbocycles. The minimum atomic E-state index is -0.577. The van der Waals surface area contributed by atoms with E-state index in [2.05, 4.69) is 5.32 Å². The van der Waals surface area contributed by atoms with Gasteiger partial charge in [-0.1, -0.05) is 43.3 Å². The van der Waals surface area contributed by atoms with Crippen LogP contribution in [0.2, 0.25) is 0 Å². The van der Waals surface area contributed by atoms with Gasteiger partial charge in [0.25, 0.3) is 0 Å². The molecule has 2 aromatic rings. The van der Waals surface area contributed by atoms with Crippen LogP contribution in [0.1, 0.15) is 43.9 Å². The van der Waals surface area contributed by atoms with Crippen molar-refractivity contribution in [2.45, 2.75) is 59.2 Å². The van der Waals surface area contributed by atoms with Gasteiger partial charge in [-0.05, 0) is 56.0 Å². The lowest BCUT2D eigenvalue weighted by molar-refractivity contribution is -0.140. The summed E-state index contributed by atoms with van der Waals surface area (Å²) in [6, 6.07) is 14.9. The minimum Gasteiger partial charge on any atom is -0.497 e. The highest BCUT2D eigenvalue weighted by Gasteiger charge is 2.27. The van der Waals surface area contributed by atoms with Crippen molar-refractivity contribution in [3.8, 4) is 5.75 Å². The summed E-state index contributed by atoms with van der Waals surface area (Å²) in [6.45, 7) is 8.11. The van der Waals surface area contributed by atoms with Crippen LogP contribution in [0.5, 0.6) is 5.75 Å². The lowest BCUT2D eigenvalue weighted by Crippen LogP contribution is -2.49. The van der Waals surface area contributed by atoms with E-state index < -0.39 is 6.04 Å². The summed E-state index contributed by atoms with van der Waals surface area (Å²) >= 11 is 0. The number of ether oxygens (including phenoxy) is 1. The van der Waals surface area contributed by atoms with E-state index >= 15 is 0 Å². The first kappa shape index (κ1) is 22.5. The molecular weight excluding hydrogens is 364 g/mol. The third-order valence-electron chi connectivity index (χ3n) is 5.26. The first-order valence-corrected chi connectivity index (χ1v) is 10.1. The maximum absolute atomic E-state index is 13.2. The number of methoxy groups -OCH3 is 1. The predicted molar refractivity (Wildman–Crippen MR) is 116 cm³/mol. The standard InChI is InChI=1S/C24H32N2O3/c1-6-18(3)25-24(28)19(4)26(16-20-11-9-13-22(14-20)29-5)23(27)15-21-12-8-7-10-17(21)2/h7-14,18-19H,6,15-16H2,1-5H3,(H,25,28)/t18-,19+/m0/s1. The Bertz CT molecular complexity index is 834. The molecular formula is C24H32N2O3. The fourth-order valence-electron chi connectivity index (χ4n) is 3.09. The highest BCUT2D eigenvalue weighted by atomic mass is 16.5. The number of carbonyl (C=O) groups excluding carboxylic acids is 2. The van der Waals surface area contributed by atoms with Crippen LogP contribution in [0.15, 0.2) is 48.5 Å². The summed E-state index contributed by atoms with van der Waals surface area (Å²) in [5.74, 6) is 0.514. The van der Waals surface area contributed by atoms with Gasteiger partial charge in [-0.25, -0.2) is 0 Å². The molecule has 0 unspecified atom stereocenters. The molecule has 29 heavy (non-hydrogen) atoms. The van der Waals surface area contributed by atoms with E-state index in [0.717, 1.165) is 28.9 Å². The molecule has 0 bridgehead atoms. The third kappa shape index (κ3) is 6.34. The summed E-state index contributed by atoms with van der Waals surface area (Å²) in [5.41, 5.74) is 2.97. The van der Waals surface area contributed by atoms with Gasteiger partial charge in [-0.3, -0.25) is 9.59 Å². The van der Waals surface area contributed by atoms with E-state index in [-0.39, 0.29) is 24.3 Å². The monoisotopic (exact) mass is 396 g/mol. The summed E-state index contributed by atoms with van der Waals surface area (Å²) in [5, 5.41) is 2.99. The normalized spacial score (nSPS) is 12.7. The van der Waals surface area contributed by atoms with Crippen molar-refractivity contribution in [3.05, 3.63) is 65.2 Å². The van der Waals surface area contributed by atoms with Crippen molar-refractivity contribution in [1.29, 1.82) is 0 Å². The first-order valence-electron chi connectivity index (χ1n) is 10.1. The van der Waals surface area contributed by atoms with Gasteiger partial charge in [-0.15, -0.1) is 0 Å². The molecule has 0 saturated heterocycles. The molecule has 2 rings (SSSR count). The van der Waals surface area contributed by atoms with Crippen LogP contribution in [0.25, 0.3) is 0 Å². The number of aryl methyl sites for hydroxylation is 1. The quantitative estimate of drug-likeness (QED) is 0.700. The predicted octanol–water partition coefficient (Wildman–Crippen LogP) is 3.88. The van der Waals surface area contributed by atoms with Crippen molar-refractivity contribution in [1.82, 2.24) is 10.2 Å². The number of rotatable bonds is 9. The maximum Gasteiger partial charge on any atom is 0.242 e. The Morgan fingerprint density at radius 3 is 2.48 bits per heavy atom. The zero-order chi connectivity index (χ0) is 21.4. The Balaban J connectivity index is 2.26. The molecule has 2 atom stereocenters. The van der Waals surface area contributed by atoms with Crippen molar-refractivity contribution < 1.29 is 14.3 Å². The number of amides is 2. The zero-order valence-corrected chi connectivity index (χ0v) is 18.1. The number of benzene rings is 2. The summed E-state index contributed by atoms with van der Waals surface area (Å²) in [7, 11) is 1.61. The summed E-state index contributed by atoms with van der Waals surface area (Å²) < 4.78 is 5.30. The second kappa shape index (κ2) is 10.6.